The number of nitrogens with zero attached hydrogens (tertiary/aromatic N) is 3. The van der Waals surface area contributed by atoms with Gasteiger partial charge >= 0.3 is 5.97 Å². The Kier molecular flexibility index (Phi) is 9.79. The van der Waals surface area contributed by atoms with Crippen LogP contribution in [-0.2, 0) is 22.6 Å². The van der Waals surface area contributed by atoms with Crippen molar-refractivity contribution in [2.75, 3.05) is 13.7 Å². The monoisotopic (exact) mass is 644 g/mol. The normalized spacial score (nSPS) is 16.0. The molecule has 0 aliphatic carbocycles. The number of benzene rings is 2. The van der Waals surface area contributed by atoms with Crippen LogP contribution < -0.4 is 14.8 Å². The molecule has 1 aliphatic heterocycles. The first-order chi connectivity index (χ1) is 21.8. The van der Waals surface area contributed by atoms with E-state index in [1.54, 1.807) is 45.7 Å². The van der Waals surface area contributed by atoms with E-state index in [0.29, 0.717) is 24.6 Å². The molecule has 0 amide bonds. The van der Waals surface area contributed by atoms with Crippen molar-refractivity contribution in [3.05, 3.63) is 65.9 Å². The minimum atomic E-state index is -0.997. The molecule has 2 aromatic carbocycles. The Hall–Kier alpha value is -3.89. The molecule has 1 unspecified atom stereocenters. The number of thioether (sulfide) groups is 1. The number of carboxylic acid groups (broad SMARTS) is 1. The largest absolute Gasteiger partial charge is 0.481 e. The maximum Gasteiger partial charge on any atom is 0.309 e. The number of nitrogens with one attached hydrogen (secondary N) is 1. The number of methoxy groups -OCH3 is 1. The minimum absolute atomic E-state index is 0.00526. The molecule has 244 valence electrons. The number of rotatable bonds is 12. The number of fused-ring (bicyclic) bond motifs is 1. The lowest BCUT2D eigenvalue weighted by atomic mass is 9.88. The molecule has 0 spiro atoms. The lowest BCUT2D eigenvalue weighted by molar-refractivity contribution is -0.146. The second kappa shape index (κ2) is 13.5. The van der Waals surface area contributed by atoms with Gasteiger partial charge in [0.25, 0.3) is 0 Å². The zero-order valence-electron chi connectivity index (χ0n) is 27.7. The van der Waals surface area contributed by atoms with Crippen LogP contribution in [0.2, 0.25) is 0 Å². The predicted octanol–water partition coefficient (Wildman–Crippen LogP) is 6.79. The number of Topliss-reactive ketones (excluding diaryl/α,β-unsaturated/α-hetero) is 1. The molecule has 9 nitrogen and oxygen atoms in total. The summed E-state index contributed by atoms with van der Waals surface area (Å²) in [5.41, 5.74) is 3.70. The predicted molar refractivity (Wildman–Crippen MR) is 182 cm³/mol. The van der Waals surface area contributed by atoms with E-state index in [1.165, 1.54) is 0 Å². The van der Waals surface area contributed by atoms with Gasteiger partial charge in [0.1, 0.15) is 5.75 Å². The Morgan fingerprint density at radius 1 is 1.07 bits per heavy atom. The first kappa shape index (κ1) is 33.5. The molecule has 3 heterocycles. The molecule has 0 saturated carbocycles. The quantitative estimate of drug-likeness (QED) is 0.161. The Bertz CT molecular complexity index is 1700. The number of ether oxygens (including phenoxy) is 2. The molecule has 1 saturated heterocycles. The Morgan fingerprint density at radius 3 is 2.37 bits per heavy atom. The second-order valence-corrected chi connectivity index (χ2v) is 15.5. The number of carboxylic acids is 1. The summed E-state index contributed by atoms with van der Waals surface area (Å²) >= 11 is 1.73. The molecular weight excluding hydrogens is 600 g/mol. The maximum atomic E-state index is 12.6. The molecule has 0 radical (unpaired) electrons. The van der Waals surface area contributed by atoms with Crippen molar-refractivity contribution >= 4 is 34.4 Å². The fraction of sp³-hybridized carbons (Fsp3) is 0.444. The van der Waals surface area contributed by atoms with Crippen LogP contribution in [0.15, 0.2) is 59.5 Å². The standard InChI is InChI=1S/C36H44N4O5S/c1-22(41)32(28-9-8-18-37-28)45-25-14-16-29-26(19-25)33(46-35(2,3)4)30(20-36(5,6)34(42)43)40(29)21-23-10-12-24(13-11-23)27-15-17-31(44-7)39-38-27/h10-17,19,28,32,37H,8-9,18,20-21H2,1-7H3,(H,42,43)/t28?,32-/m1/s1. The molecule has 10 heteroatoms. The van der Waals surface area contributed by atoms with Gasteiger partial charge in [-0.2, -0.15) is 0 Å². The molecule has 4 aromatic rings. The third-order valence-corrected chi connectivity index (χ3v) is 9.53. The summed E-state index contributed by atoms with van der Waals surface area (Å²) in [4.78, 5) is 26.1. The molecule has 2 N–H and O–H groups in total. The number of carbonyl (C=O) groups excluding carboxylic acids is 1. The fourth-order valence-electron chi connectivity index (χ4n) is 5.81. The zero-order valence-corrected chi connectivity index (χ0v) is 28.5. The molecule has 5 rings (SSSR count). The van der Waals surface area contributed by atoms with Gasteiger partial charge in [0.15, 0.2) is 11.9 Å². The first-order valence-electron chi connectivity index (χ1n) is 15.7. The number of aliphatic carboxylic acids is 1. The fourth-order valence-corrected chi connectivity index (χ4v) is 7.00. The highest BCUT2D eigenvalue weighted by molar-refractivity contribution is 8.00. The summed E-state index contributed by atoms with van der Waals surface area (Å²) in [6, 6.07) is 17.8. The van der Waals surface area contributed by atoms with Gasteiger partial charge in [0.05, 0.1) is 24.3 Å². The van der Waals surface area contributed by atoms with Crippen LogP contribution in [0.3, 0.4) is 0 Å². The molecule has 2 aromatic heterocycles. The molecular formula is C36H44N4O5S. The van der Waals surface area contributed by atoms with Crippen molar-refractivity contribution in [1.29, 1.82) is 0 Å². The summed E-state index contributed by atoms with van der Waals surface area (Å²) in [6.45, 7) is 13.0. The minimum Gasteiger partial charge on any atom is -0.481 e. The van der Waals surface area contributed by atoms with Crippen molar-refractivity contribution < 1.29 is 24.2 Å². The molecule has 0 bridgehead atoms. The van der Waals surface area contributed by atoms with Gasteiger partial charge in [-0.3, -0.25) is 9.59 Å². The highest BCUT2D eigenvalue weighted by Crippen LogP contribution is 2.44. The van der Waals surface area contributed by atoms with Crippen LogP contribution in [-0.4, -0.2) is 62.2 Å². The lowest BCUT2D eigenvalue weighted by Gasteiger charge is -2.24. The smallest absolute Gasteiger partial charge is 0.309 e. The summed E-state index contributed by atoms with van der Waals surface area (Å²) in [5, 5.41) is 22.9. The number of aromatic nitrogens is 3. The summed E-state index contributed by atoms with van der Waals surface area (Å²) < 4.78 is 13.6. The summed E-state index contributed by atoms with van der Waals surface area (Å²) in [5.74, 6) is 0.233. The number of carbonyl (C=O) groups is 2. The number of ketones is 1. The van der Waals surface area contributed by atoms with Gasteiger partial charge < -0.3 is 24.5 Å². The van der Waals surface area contributed by atoms with E-state index in [9.17, 15) is 14.7 Å². The van der Waals surface area contributed by atoms with Crippen molar-refractivity contribution in [2.45, 2.75) is 89.1 Å². The zero-order chi connectivity index (χ0) is 33.2. The highest BCUT2D eigenvalue weighted by Gasteiger charge is 2.34. The molecule has 2 atom stereocenters. The van der Waals surface area contributed by atoms with Crippen LogP contribution in [0.25, 0.3) is 22.2 Å². The first-order valence-corrected chi connectivity index (χ1v) is 16.5. The van der Waals surface area contributed by atoms with Crippen LogP contribution in [0.5, 0.6) is 11.6 Å². The van der Waals surface area contributed by atoms with Gasteiger partial charge in [0, 0.05) is 50.8 Å². The SMILES string of the molecule is COc1ccc(-c2ccc(Cn3c(CC(C)(C)C(=O)O)c(SC(C)(C)C)c4cc(O[C@H](C(C)=O)C5CCCN5)ccc43)cc2)nn1. The molecule has 1 aliphatic rings. The van der Waals surface area contributed by atoms with E-state index in [2.05, 4.69) is 53.0 Å². The topological polar surface area (TPSA) is 116 Å². The average Bonchev–Trinajstić information content (AvgIpc) is 3.63. The van der Waals surface area contributed by atoms with E-state index < -0.39 is 17.5 Å². The van der Waals surface area contributed by atoms with E-state index in [1.807, 2.05) is 36.4 Å². The van der Waals surface area contributed by atoms with Crippen LogP contribution in [0.4, 0.5) is 0 Å². The van der Waals surface area contributed by atoms with Crippen LogP contribution in [0, 0.1) is 5.41 Å². The van der Waals surface area contributed by atoms with E-state index >= 15 is 0 Å². The number of hydrogen-bond acceptors (Lipinski definition) is 8. The second-order valence-electron chi connectivity index (χ2n) is 13.6. The van der Waals surface area contributed by atoms with E-state index in [0.717, 1.165) is 57.7 Å². The summed E-state index contributed by atoms with van der Waals surface area (Å²) in [6.07, 6.45) is 1.68. The third-order valence-electron chi connectivity index (χ3n) is 8.26. The van der Waals surface area contributed by atoms with Gasteiger partial charge in [-0.05, 0) is 70.0 Å². The maximum absolute atomic E-state index is 12.6. The van der Waals surface area contributed by atoms with Gasteiger partial charge in [-0.15, -0.1) is 22.0 Å². The van der Waals surface area contributed by atoms with Gasteiger partial charge in [-0.25, -0.2) is 0 Å². The van der Waals surface area contributed by atoms with Gasteiger partial charge in [-0.1, -0.05) is 45.0 Å². The molecule has 1 fully saturated rings. The lowest BCUT2D eigenvalue weighted by Crippen LogP contribution is -2.43. The van der Waals surface area contributed by atoms with Gasteiger partial charge in [0.2, 0.25) is 5.88 Å². The Morgan fingerprint density at radius 2 is 1.80 bits per heavy atom. The number of hydrogen-bond donors (Lipinski definition) is 2. The summed E-state index contributed by atoms with van der Waals surface area (Å²) in [7, 11) is 1.56. The van der Waals surface area contributed by atoms with Crippen molar-refractivity contribution in [3.63, 3.8) is 0 Å². The third kappa shape index (κ3) is 7.56. The van der Waals surface area contributed by atoms with E-state index in [-0.39, 0.29) is 16.6 Å². The van der Waals surface area contributed by atoms with Crippen molar-refractivity contribution in [2.24, 2.45) is 5.41 Å². The molecule has 46 heavy (non-hydrogen) atoms. The van der Waals surface area contributed by atoms with Crippen LogP contribution >= 0.6 is 11.8 Å². The average molecular weight is 645 g/mol. The Balaban J connectivity index is 1.59. The Labute approximate surface area is 275 Å². The van der Waals surface area contributed by atoms with E-state index in [4.69, 9.17) is 9.47 Å². The van der Waals surface area contributed by atoms with Crippen molar-refractivity contribution in [1.82, 2.24) is 20.1 Å². The van der Waals surface area contributed by atoms with Crippen molar-refractivity contribution in [3.8, 4) is 22.9 Å². The highest BCUT2D eigenvalue weighted by atomic mass is 32.2. The van der Waals surface area contributed by atoms with Crippen LogP contribution in [0.1, 0.15) is 65.6 Å².